The van der Waals surface area contributed by atoms with Crippen LogP contribution in [0.2, 0.25) is 0 Å². The van der Waals surface area contributed by atoms with Crippen LogP contribution in [0.4, 0.5) is 0 Å². The van der Waals surface area contributed by atoms with E-state index in [0.717, 1.165) is 19.3 Å². The van der Waals surface area contributed by atoms with Gasteiger partial charge in [-0.3, -0.25) is 19.0 Å². The summed E-state index contributed by atoms with van der Waals surface area (Å²) in [7, 11) is 0. The number of amides is 1. The molecule has 1 saturated carbocycles. The lowest BCUT2D eigenvalue weighted by Gasteiger charge is -2.15. The summed E-state index contributed by atoms with van der Waals surface area (Å²) in [6.07, 6.45) is 4.63. The summed E-state index contributed by atoms with van der Waals surface area (Å²) in [6.45, 7) is 0. The van der Waals surface area contributed by atoms with Crippen molar-refractivity contribution in [2.45, 2.75) is 25.7 Å². The molecule has 0 radical (unpaired) electrons. The van der Waals surface area contributed by atoms with Gasteiger partial charge in [0.25, 0.3) is 5.56 Å². The Kier molecular flexibility index (Phi) is 4.60. The SMILES string of the molecule is NC(=O)C1CCCC1CC(=O)c1ccc(-n2ccccc2=O)cc1. The van der Waals surface area contributed by atoms with Gasteiger partial charge in [0.05, 0.1) is 0 Å². The predicted octanol–water partition coefficient (Wildman–Crippen LogP) is 2.31. The molecule has 1 aromatic carbocycles. The summed E-state index contributed by atoms with van der Waals surface area (Å²) in [5, 5.41) is 0. The highest BCUT2D eigenvalue weighted by Crippen LogP contribution is 2.34. The summed E-state index contributed by atoms with van der Waals surface area (Å²) in [6, 6.07) is 11.9. The largest absolute Gasteiger partial charge is 0.369 e. The first-order valence-electron chi connectivity index (χ1n) is 8.17. The van der Waals surface area contributed by atoms with E-state index in [1.54, 1.807) is 42.6 Å². The Hall–Kier alpha value is -2.69. The van der Waals surface area contributed by atoms with E-state index in [1.165, 1.54) is 10.6 Å². The van der Waals surface area contributed by atoms with Gasteiger partial charge >= 0.3 is 0 Å². The summed E-state index contributed by atoms with van der Waals surface area (Å²) in [4.78, 5) is 35.7. The number of pyridine rings is 1. The fraction of sp³-hybridized carbons (Fsp3) is 0.316. The molecule has 2 atom stereocenters. The molecule has 0 bridgehead atoms. The Labute approximate surface area is 140 Å². The van der Waals surface area contributed by atoms with E-state index in [0.29, 0.717) is 17.7 Å². The van der Waals surface area contributed by atoms with Crippen LogP contribution in [0.3, 0.4) is 0 Å². The Morgan fingerprint density at radius 1 is 1.08 bits per heavy atom. The molecular weight excluding hydrogens is 304 g/mol. The number of hydrogen-bond donors (Lipinski definition) is 1. The molecule has 5 heteroatoms. The maximum atomic E-state index is 12.5. The third-order valence-electron chi connectivity index (χ3n) is 4.76. The van der Waals surface area contributed by atoms with Crippen LogP contribution in [0.15, 0.2) is 53.5 Å². The molecule has 2 unspecified atom stereocenters. The van der Waals surface area contributed by atoms with Crippen molar-refractivity contribution in [1.82, 2.24) is 4.57 Å². The zero-order valence-corrected chi connectivity index (χ0v) is 13.4. The van der Waals surface area contributed by atoms with Crippen molar-refractivity contribution in [3.05, 3.63) is 64.6 Å². The lowest BCUT2D eigenvalue weighted by Crippen LogP contribution is -2.27. The van der Waals surface area contributed by atoms with Crippen LogP contribution in [0.25, 0.3) is 5.69 Å². The van der Waals surface area contributed by atoms with Crippen LogP contribution in [0, 0.1) is 11.8 Å². The van der Waals surface area contributed by atoms with Gasteiger partial charge in [-0.2, -0.15) is 0 Å². The molecule has 1 fully saturated rings. The Bertz CT molecular complexity index is 808. The molecule has 1 heterocycles. The second-order valence-electron chi connectivity index (χ2n) is 6.28. The quantitative estimate of drug-likeness (QED) is 0.857. The van der Waals surface area contributed by atoms with Crippen molar-refractivity contribution in [3.8, 4) is 5.69 Å². The number of primary amides is 1. The van der Waals surface area contributed by atoms with Gasteiger partial charge in [-0.1, -0.05) is 12.5 Å². The van der Waals surface area contributed by atoms with Gasteiger partial charge in [-0.15, -0.1) is 0 Å². The molecule has 2 aromatic rings. The number of carbonyl (C=O) groups is 2. The number of nitrogens with two attached hydrogens (primary N) is 1. The smallest absolute Gasteiger partial charge is 0.255 e. The van der Waals surface area contributed by atoms with Gasteiger partial charge in [0.2, 0.25) is 5.91 Å². The zero-order chi connectivity index (χ0) is 17.1. The van der Waals surface area contributed by atoms with E-state index in [4.69, 9.17) is 5.73 Å². The molecule has 124 valence electrons. The van der Waals surface area contributed by atoms with Crippen LogP contribution in [0.5, 0.6) is 0 Å². The predicted molar refractivity (Wildman–Crippen MR) is 91.0 cm³/mol. The highest BCUT2D eigenvalue weighted by atomic mass is 16.1. The number of ketones is 1. The highest BCUT2D eigenvalue weighted by Gasteiger charge is 2.32. The second-order valence-corrected chi connectivity index (χ2v) is 6.28. The van der Waals surface area contributed by atoms with Crippen molar-refractivity contribution in [2.75, 3.05) is 0 Å². The van der Waals surface area contributed by atoms with Gasteiger partial charge in [0.1, 0.15) is 0 Å². The third-order valence-corrected chi connectivity index (χ3v) is 4.76. The van der Waals surface area contributed by atoms with Crippen LogP contribution in [-0.4, -0.2) is 16.3 Å². The van der Waals surface area contributed by atoms with Crippen molar-refractivity contribution < 1.29 is 9.59 Å². The molecule has 1 aliphatic rings. The molecule has 2 N–H and O–H groups in total. The van der Waals surface area contributed by atoms with Crippen LogP contribution in [-0.2, 0) is 4.79 Å². The van der Waals surface area contributed by atoms with Crippen molar-refractivity contribution >= 4 is 11.7 Å². The highest BCUT2D eigenvalue weighted by molar-refractivity contribution is 5.96. The van der Waals surface area contributed by atoms with E-state index >= 15 is 0 Å². The third kappa shape index (κ3) is 3.30. The first-order chi connectivity index (χ1) is 11.6. The van der Waals surface area contributed by atoms with Gasteiger partial charge in [-0.05, 0) is 49.1 Å². The van der Waals surface area contributed by atoms with Crippen LogP contribution >= 0.6 is 0 Å². The molecule has 24 heavy (non-hydrogen) atoms. The molecule has 0 spiro atoms. The summed E-state index contributed by atoms with van der Waals surface area (Å²) in [5.41, 5.74) is 6.61. The fourth-order valence-corrected chi connectivity index (χ4v) is 3.46. The van der Waals surface area contributed by atoms with Crippen molar-refractivity contribution in [2.24, 2.45) is 17.6 Å². The fourth-order valence-electron chi connectivity index (χ4n) is 3.46. The maximum Gasteiger partial charge on any atom is 0.255 e. The topological polar surface area (TPSA) is 82.2 Å². The lowest BCUT2D eigenvalue weighted by atomic mass is 9.89. The normalized spacial score (nSPS) is 20.0. The average Bonchev–Trinajstić information content (AvgIpc) is 3.04. The maximum absolute atomic E-state index is 12.5. The Balaban J connectivity index is 1.74. The summed E-state index contributed by atoms with van der Waals surface area (Å²) < 4.78 is 1.52. The molecular formula is C19H20N2O3. The van der Waals surface area contributed by atoms with Gasteiger partial charge < -0.3 is 5.73 Å². The number of benzene rings is 1. The average molecular weight is 324 g/mol. The van der Waals surface area contributed by atoms with Crippen molar-refractivity contribution in [3.63, 3.8) is 0 Å². The number of aromatic nitrogens is 1. The zero-order valence-electron chi connectivity index (χ0n) is 13.4. The van der Waals surface area contributed by atoms with Crippen LogP contribution in [0.1, 0.15) is 36.0 Å². The molecule has 1 aliphatic carbocycles. The van der Waals surface area contributed by atoms with E-state index in [1.807, 2.05) is 0 Å². The standard InChI is InChI=1S/C19H20N2O3/c20-19(24)16-5-3-4-14(16)12-17(22)13-7-9-15(10-8-13)21-11-2-1-6-18(21)23/h1-2,6-11,14,16H,3-5,12H2,(H2,20,24). The van der Waals surface area contributed by atoms with Gasteiger partial charge in [0, 0.05) is 35.9 Å². The van der Waals surface area contributed by atoms with E-state index in [9.17, 15) is 14.4 Å². The van der Waals surface area contributed by atoms with Gasteiger partial charge in [0.15, 0.2) is 5.78 Å². The summed E-state index contributed by atoms with van der Waals surface area (Å²) in [5.74, 6) is -0.424. The monoisotopic (exact) mass is 324 g/mol. The number of carbonyl (C=O) groups excluding carboxylic acids is 2. The van der Waals surface area contributed by atoms with E-state index in [-0.39, 0.29) is 29.1 Å². The molecule has 3 rings (SSSR count). The number of nitrogens with zero attached hydrogens (tertiary/aromatic N) is 1. The lowest BCUT2D eigenvalue weighted by molar-refractivity contribution is -0.122. The first-order valence-corrected chi connectivity index (χ1v) is 8.17. The van der Waals surface area contributed by atoms with Gasteiger partial charge in [-0.25, -0.2) is 0 Å². The minimum Gasteiger partial charge on any atom is -0.369 e. The van der Waals surface area contributed by atoms with Crippen molar-refractivity contribution in [1.29, 1.82) is 0 Å². The van der Waals surface area contributed by atoms with Crippen LogP contribution < -0.4 is 11.3 Å². The molecule has 0 saturated heterocycles. The number of Topliss-reactive ketones (excluding diaryl/α,β-unsaturated/α-hetero) is 1. The minimum absolute atomic E-state index is 0.0140. The molecule has 0 aliphatic heterocycles. The minimum atomic E-state index is -0.302. The first kappa shape index (κ1) is 16.2. The van der Waals surface area contributed by atoms with E-state index < -0.39 is 0 Å². The second kappa shape index (κ2) is 6.83. The molecule has 5 nitrogen and oxygen atoms in total. The summed E-state index contributed by atoms with van der Waals surface area (Å²) >= 11 is 0. The number of hydrogen-bond acceptors (Lipinski definition) is 3. The Morgan fingerprint density at radius 2 is 1.83 bits per heavy atom. The molecule has 1 aromatic heterocycles. The Morgan fingerprint density at radius 3 is 2.50 bits per heavy atom. The molecule has 1 amide bonds. The van der Waals surface area contributed by atoms with E-state index in [2.05, 4.69) is 0 Å². The number of rotatable bonds is 5.